The first-order valence-electron chi connectivity index (χ1n) is 9.19. The van der Waals surface area contributed by atoms with Gasteiger partial charge in [-0.3, -0.25) is 9.89 Å². The summed E-state index contributed by atoms with van der Waals surface area (Å²) in [7, 11) is 1.91. The summed E-state index contributed by atoms with van der Waals surface area (Å²) in [6.45, 7) is 6.66. The number of aliphatic imine (C=N–C) groups is 1. The fourth-order valence-corrected chi connectivity index (χ4v) is 4.19. The van der Waals surface area contributed by atoms with Gasteiger partial charge >= 0.3 is 0 Å². The van der Waals surface area contributed by atoms with Crippen LogP contribution in [0.5, 0.6) is 0 Å². The first kappa shape index (κ1) is 18.7. The van der Waals surface area contributed by atoms with Gasteiger partial charge in [0.05, 0.1) is 0 Å². The predicted molar refractivity (Wildman–Crippen MR) is 115 cm³/mol. The van der Waals surface area contributed by atoms with Crippen LogP contribution in [0, 0.1) is 6.92 Å². The van der Waals surface area contributed by atoms with E-state index in [2.05, 4.69) is 63.5 Å². The Morgan fingerprint density at radius 3 is 2.68 bits per heavy atom. The van der Waals surface area contributed by atoms with E-state index >= 15 is 0 Å². The molecule has 1 aliphatic carbocycles. The van der Waals surface area contributed by atoms with E-state index in [9.17, 15) is 0 Å². The number of hydrogen-bond acceptors (Lipinski definition) is 2. The van der Waals surface area contributed by atoms with Crippen LogP contribution >= 0.6 is 24.0 Å². The quantitative estimate of drug-likeness (QED) is 0.331. The molecule has 1 saturated carbocycles. The predicted octanol–water partition coefficient (Wildman–Crippen LogP) is 2.99. The summed E-state index contributed by atoms with van der Waals surface area (Å²) in [5, 5.41) is 3.71. The van der Waals surface area contributed by atoms with E-state index in [1.807, 2.05) is 7.05 Å². The highest BCUT2D eigenvalue weighted by atomic mass is 127. The van der Waals surface area contributed by atoms with Crippen LogP contribution in [-0.4, -0.2) is 61.1 Å². The zero-order valence-electron chi connectivity index (χ0n) is 15.2. The third-order valence-corrected chi connectivity index (χ3v) is 5.73. The van der Waals surface area contributed by atoms with Crippen LogP contribution in [0.2, 0.25) is 0 Å². The van der Waals surface area contributed by atoms with Gasteiger partial charge in [-0.1, -0.05) is 36.4 Å². The highest BCUT2D eigenvalue weighted by Gasteiger charge is 2.41. The van der Waals surface area contributed by atoms with E-state index < -0.39 is 0 Å². The van der Waals surface area contributed by atoms with Gasteiger partial charge in [-0.05, 0) is 30.9 Å². The van der Waals surface area contributed by atoms with Crippen molar-refractivity contribution in [1.29, 1.82) is 0 Å². The summed E-state index contributed by atoms with van der Waals surface area (Å²) in [6, 6.07) is 9.98. The average molecular weight is 452 g/mol. The summed E-state index contributed by atoms with van der Waals surface area (Å²) < 4.78 is 0. The molecule has 1 N–H and O–H groups in total. The van der Waals surface area contributed by atoms with Crippen molar-refractivity contribution in [3.63, 3.8) is 0 Å². The minimum Gasteiger partial charge on any atom is -0.353 e. The van der Waals surface area contributed by atoms with E-state index in [0.29, 0.717) is 18.0 Å². The lowest BCUT2D eigenvalue weighted by Crippen LogP contribution is -2.43. The number of nitrogens with one attached hydrogen (secondary N) is 1. The molecule has 4 nitrogen and oxygen atoms in total. The number of likely N-dealkylation sites (tertiary alicyclic amines) is 1. The zero-order chi connectivity index (χ0) is 16.5. The van der Waals surface area contributed by atoms with Gasteiger partial charge in [-0.15, -0.1) is 24.0 Å². The Morgan fingerprint density at radius 2 is 1.96 bits per heavy atom. The third kappa shape index (κ3) is 4.03. The Bertz CT molecular complexity index is 649. The van der Waals surface area contributed by atoms with Crippen molar-refractivity contribution in [1.82, 2.24) is 15.1 Å². The first-order valence-corrected chi connectivity index (χ1v) is 9.19. The van der Waals surface area contributed by atoms with Crippen LogP contribution in [0.4, 0.5) is 0 Å². The van der Waals surface area contributed by atoms with Crippen molar-refractivity contribution in [2.24, 2.45) is 4.99 Å². The molecule has 0 aromatic heterocycles. The molecular weight excluding hydrogens is 423 g/mol. The van der Waals surface area contributed by atoms with E-state index in [1.165, 1.54) is 24.0 Å². The summed E-state index contributed by atoms with van der Waals surface area (Å²) in [4.78, 5) is 9.57. The highest BCUT2D eigenvalue weighted by molar-refractivity contribution is 14.0. The Labute approximate surface area is 168 Å². The van der Waals surface area contributed by atoms with Crippen molar-refractivity contribution in [2.75, 3.05) is 33.2 Å². The number of aryl methyl sites for hydroxylation is 1. The molecule has 0 spiro atoms. The van der Waals surface area contributed by atoms with E-state index in [4.69, 9.17) is 0 Å². The fraction of sp³-hybridized carbons (Fsp3) is 0.550. The van der Waals surface area contributed by atoms with Crippen LogP contribution in [0.25, 0.3) is 0 Å². The lowest BCUT2D eigenvalue weighted by atomic mass is 10.0. The van der Waals surface area contributed by atoms with Crippen molar-refractivity contribution >= 4 is 29.9 Å². The molecule has 1 aromatic rings. The average Bonchev–Trinajstić information content (AvgIpc) is 3.01. The lowest BCUT2D eigenvalue weighted by molar-refractivity contribution is 0.259. The fourth-order valence-electron chi connectivity index (χ4n) is 4.19. The van der Waals surface area contributed by atoms with Gasteiger partial charge in [0, 0.05) is 51.2 Å². The van der Waals surface area contributed by atoms with Gasteiger partial charge in [0.25, 0.3) is 0 Å². The smallest absolute Gasteiger partial charge is 0.193 e. The second-order valence-corrected chi connectivity index (χ2v) is 7.31. The number of hydrogen-bond donors (Lipinski definition) is 1. The normalized spacial score (nSPS) is 29.0. The molecule has 3 atom stereocenters. The molecule has 1 aromatic carbocycles. The van der Waals surface area contributed by atoms with Crippen LogP contribution in [0.1, 0.15) is 29.9 Å². The summed E-state index contributed by atoms with van der Waals surface area (Å²) in [5.41, 5.74) is 2.90. The minimum atomic E-state index is 0. The molecule has 5 heteroatoms. The van der Waals surface area contributed by atoms with Gasteiger partial charge < -0.3 is 10.2 Å². The van der Waals surface area contributed by atoms with Gasteiger partial charge in [0.2, 0.25) is 0 Å². The van der Waals surface area contributed by atoms with Crippen LogP contribution in [-0.2, 0) is 0 Å². The summed E-state index contributed by atoms with van der Waals surface area (Å²) >= 11 is 0. The molecular formula is C20H29IN4. The molecule has 3 aliphatic rings. The number of guanidine groups is 1. The molecule has 0 bridgehead atoms. The Balaban J connectivity index is 0.00000182. The number of nitrogens with zero attached hydrogens (tertiary/aromatic N) is 3. The topological polar surface area (TPSA) is 30.9 Å². The van der Waals surface area contributed by atoms with Gasteiger partial charge in [0.1, 0.15) is 0 Å². The van der Waals surface area contributed by atoms with Crippen LogP contribution < -0.4 is 5.32 Å². The maximum Gasteiger partial charge on any atom is 0.193 e. The van der Waals surface area contributed by atoms with Gasteiger partial charge in [0.15, 0.2) is 5.96 Å². The van der Waals surface area contributed by atoms with Crippen LogP contribution in [0.15, 0.2) is 41.4 Å². The zero-order valence-corrected chi connectivity index (χ0v) is 17.5. The summed E-state index contributed by atoms with van der Waals surface area (Å²) in [5.74, 6) is 1.73. The second kappa shape index (κ2) is 8.08. The van der Waals surface area contributed by atoms with Crippen molar-refractivity contribution in [3.8, 4) is 0 Å². The monoisotopic (exact) mass is 452 g/mol. The number of rotatable bonds is 3. The Hall–Kier alpha value is -1.08. The minimum absolute atomic E-state index is 0. The SMILES string of the molecule is CN=C(NC1CC1c1ccccc1C)N1CCC(N2CC=CC2)C1.I. The molecule has 1 saturated heterocycles. The second-order valence-electron chi connectivity index (χ2n) is 7.31. The van der Waals surface area contributed by atoms with Gasteiger partial charge in [-0.2, -0.15) is 0 Å². The van der Waals surface area contributed by atoms with Crippen molar-refractivity contribution in [3.05, 3.63) is 47.5 Å². The molecule has 0 radical (unpaired) electrons. The first-order chi connectivity index (χ1) is 11.8. The number of halogens is 1. The van der Waals surface area contributed by atoms with Gasteiger partial charge in [-0.25, -0.2) is 0 Å². The van der Waals surface area contributed by atoms with E-state index in [0.717, 1.165) is 32.1 Å². The standard InChI is InChI=1S/C20H28N4.HI/c1-15-7-3-4-8-17(15)18-13-19(18)22-20(21-2)24-12-9-16(14-24)23-10-5-6-11-23;/h3-8,16,18-19H,9-14H2,1-2H3,(H,21,22);1H. The molecule has 25 heavy (non-hydrogen) atoms. The summed E-state index contributed by atoms with van der Waals surface area (Å²) in [6.07, 6.45) is 7.03. The van der Waals surface area contributed by atoms with E-state index in [-0.39, 0.29) is 24.0 Å². The lowest BCUT2D eigenvalue weighted by Gasteiger charge is -2.25. The molecule has 3 unspecified atom stereocenters. The molecule has 136 valence electrons. The third-order valence-electron chi connectivity index (χ3n) is 5.73. The Morgan fingerprint density at radius 1 is 1.20 bits per heavy atom. The maximum absolute atomic E-state index is 4.56. The number of benzene rings is 1. The van der Waals surface area contributed by atoms with Crippen molar-refractivity contribution in [2.45, 2.75) is 37.8 Å². The molecule has 0 amide bonds. The largest absolute Gasteiger partial charge is 0.353 e. The van der Waals surface area contributed by atoms with Crippen molar-refractivity contribution < 1.29 is 0 Å². The maximum atomic E-state index is 4.56. The molecule has 2 aliphatic heterocycles. The Kier molecular flexibility index (Phi) is 6.04. The van der Waals surface area contributed by atoms with Crippen LogP contribution in [0.3, 0.4) is 0 Å². The van der Waals surface area contributed by atoms with E-state index in [1.54, 1.807) is 0 Å². The molecule has 2 heterocycles. The highest BCUT2D eigenvalue weighted by Crippen LogP contribution is 2.42. The molecule has 2 fully saturated rings. The molecule has 4 rings (SSSR count).